The summed E-state index contributed by atoms with van der Waals surface area (Å²) in [6.07, 6.45) is 0.153. The molecule has 0 saturated carbocycles. The van der Waals surface area contributed by atoms with Crippen LogP contribution in [0.5, 0.6) is 5.75 Å². The van der Waals surface area contributed by atoms with Crippen LogP contribution in [0.1, 0.15) is 27.7 Å². The molecule has 0 spiro atoms. The van der Waals surface area contributed by atoms with Gasteiger partial charge in [-0.15, -0.1) is 0 Å². The van der Waals surface area contributed by atoms with E-state index in [1.807, 2.05) is 38.1 Å². The van der Waals surface area contributed by atoms with Crippen LogP contribution >= 0.6 is 0 Å². The largest absolute Gasteiger partial charge is 0.491 e. The van der Waals surface area contributed by atoms with Gasteiger partial charge in [0.1, 0.15) is 5.75 Å². The van der Waals surface area contributed by atoms with E-state index in [0.29, 0.717) is 12.5 Å². The van der Waals surface area contributed by atoms with E-state index in [0.717, 1.165) is 18.0 Å². The van der Waals surface area contributed by atoms with Crippen LogP contribution in [0.2, 0.25) is 0 Å². The van der Waals surface area contributed by atoms with Gasteiger partial charge in [-0.1, -0.05) is 13.8 Å². The Labute approximate surface area is 115 Å². The molecule has 0 saturated heterocycles. The summed E-state index contributed by atoms with van der Waals surface area (Å²) in [7, 11) is 0. The molecule has 2 N–H and O–H groups in total. The molecule has 0 aliphatic carbocycles. The van der Waals surface area contributed by atoms with Crippen LogP contribution in [0.25, 0.3) is 0 Å². The molecule has 1 aromatic rings. The molecular weight excluding hydrogens is 240 g/mol. The smallest absolute Gasteiger partial charge is 0.238 e. The molecule has 1 aromatic carbocycles. The number of anilines is 1. The third-order valence-corrected chi connectivity index (χ3v) is 2.35. The fourth-order valence-electron chi connectivity index (χ4n) is 1.57. The van der Waals surface area contributed by atoms with Gasteiger partial charge in [0, 0.05) is 5.69 Å². The van der Waals surface area contributed by atoms with Crippen LogP contribution in [0.3, 0.4) is 0 Å². The minimum atomic E-state index is -0.0295. The van der Waals surface area contributed by atoms with Gasteiger partial charge >= 0.3 is 0 Å². The van der Waals surface area contributed by atoms with Crippen molar-refractivity contribution in [3.63, 3.8) is 0 Å². The predicted molar refractivity (Wildman–Crippen MR) is 78.5 cm³/mol. The van der Waals surface area contributed by atoms with Crippen molar-refractivity contribution in [2.75, 3.05) is 18.4 Å². The molecule has 4 heteroatoms. The summed E-state index contributed by atoms with van der Waals surface area (Å²) in [5, 5.41) is 5.94. The number of nitrogens with one attached hydrogen (secondary N) is 2. The molecule has 1 rings (SSSR count). The standard InChI is InChI=1S/C15H24N2O2/c1-11(2)9-16-10-15(18)17-13-5-7-14(8-6-13)19-12(3)4/h5-8,11-12,16H,9-10H2,1-4H3,(H,17,18). The molecule has 19 heavy (non-hydrogen) atoms. The summed E-state index contributed by atoms with van der Waals surface area (Å²) in [6, 6.07) is 7.41. The summed E-state index contributed by atoms with van der Waals surface area (Å²) >= 11 is 0. The van der Waals surface area contributed by atoms with Crippen molar-refractivity contribution in [3.05, 3.63) is 24.3 Å². The van der Waals surface area contributed by atoms with Crippen LogP contribution in [0.15, 0.2) is 24.3 Å². The third kappa shape index (κ3) is 6.82. The van der Waals surface area contributed by atoms with Crippen LogP contribution < -0.4 is 15.4 Å². The highest BCUT2D eigenvalue weighted by Gasteiger charge is 2.03. The third-order valence-electron chi connectivity index (χ3n) is 2.35. The quantitative estimate of drug-likeness (QED) is 0.796. The molecule has 0 aromatic heterocycles. The fraction of sp³-hybridized carbons (Fsp3) is 0.533. The molecule has 0 heterocycles. The molecule has 0 aliphatic rings. The second-order valence-electron chi connectivity index (χ2n) is 5.26. The van der Waals surface area contributed by atoms with Crippen LogP contribution in [-0.4, -0.2) is 25.1 Å². The monoisotopic (exact) mass is 264 g/mol. The number of hydrogen-bond donors (Lipinski definition) is 2. The molecule has 0 atom stereocenters. The number of hydrogen-bond acceptors (Lipinski definition) is 3. The Balaban J connectivity index is 2.38. The zero-order valence-corrected chi connectivity index (χ0v) is 12.2. The van der Waals surface area contributed by atoms with E-state index in [2.05, 4.69) is 24.5 Å². The highest BCUT2D eigenvalue weighted by molar-refractivity contribution is 5.92. The average Bonchev–Trinajstić information content (AvgIpc) is 2.30. The van der Waals surface area contributed by atoms with E-state index < -0.39 is 0 Å². The molecule has 0 aliphatic heterocycles. The lowest BCUT2D eigenvalue weighted by atomic mass is 10.2. The Hall–Kier alpha value is -1.55. The van der Waals surface area contributed by atoms with E-state index in [4.69, 9.17) is 4.74 Å². The Morgan fingerprint density at radius 1 is 1.16 bits per heavy atom. The minimum Gasteiger partial charge on any atom is -0.491 e. The van der Waals surface area contributed by atoms with Crippen molar-refractivity contribution in [2.45, 2.75) is 33.8 Å². The Bertz CT molecular complexity index is 386. The molecule has 0 bridgehead atoms. The topological polar surface area (TPSA) is 50.4 Å². The summed E-state index contributed by atoms with van der Waals surface area (Å²) < 4.78 is 5.54. The van der Waals surface area contributed by atoms with Gasteiger partial charge in [-0.05, 0) is 50.6 Å². The van der Waals surface area contributed by atoms with Crippen LogP contribution in [0.4, 0.5) is 5.69 Å². The Morgan fingerprint density at radius 2 is 1.79 bits per heavy atom. The van der Waals surface area contributed by atoms with E-state index in [-0.39, 0.29) is 12.0 Å². The van der Waals surface area contributed by atoms with Crippen molar-refractivity contribution >= 4 is 11.6 Å². The maximum absolute atomic E-state index is 11.7. The van der Waals surface area contributed by atoms with E-state index in [9.17, 15) is 4.79 Å². The molecule has 4 nitrogen and oxygen atoms in total. The first-order chi connectivity index (χ1) is 8.97. The first kappa shape index (κ1) is 15.5. The first-order valence-electron chi connectivity index (χ1n) is 6.74. The number of carbonyl (C=O) groups excluding carboxylic acids is 1. The second kappa shape index (κ2) is 7.79. The van der Waals surface area contributed by atoms with Gasteiger partial charge in [0.15, 0.2) is 0 Å². The first-order valence-corrected chi connectivity index (χ1v) is 6.74. The van der Waals surface area contributed by atoms with Gasteiger partial charge in [-0.25, -0.2) is 0 Å². The number of rotatable bonds is 7. The molecule has 0 radical (unpaired) electrons. The van der Waals surface area contributed by atoms with Gasteiger partial charge in [-0.2, -0.15) is 0 Å². The summed E-state index contributed by atoms with van der Waals surface area (Å²) in [5.41, 5.74) is 0.785. The Kier molecular flexibility index (Phi) is 6.36. The maximum Gasteiger partial charge on any atom is 0.238 e. The lowest BCUT2D eigenvalue weighted by Gasteiger charge is -2.11. The summed E-state index contributed by atoms with van der Waals surface area (Å²) in [5.74, 6) is 1.32. The van der Waals surface area contributed by atoms with Crippen molar-refractivity contribution in [1.29, 1.82) is 0 Å². The number of carbonyl (C=O) groups is 1. The average molecular weight is 264 g/mol. The lowest BCUT2D eigenvalue weighted by Crippen LogP contribution is -2.30. The zero-order valence-electron chi connectivity index (χ0n) is 12.2. The zero-order chi connectivity index (χ0) is 14.3. The lowest BCUT2D eigenvalue weighted by molar-refractivity contribution is -0.115. The van der Waals surface area contributed by atoms with Crippen LogP contribution in [0, 0.1) is 5.92 Å². The fourth-order valence-corrected chi connectivity index (χ4v) is 1.57. The van der Waals surface area contributed by atoms with Crippen molar-refractivity contribution in [2.24, 2.45) is 5.92 Å². The number of amides is 1. The van der Waals surface area contributed by atoms with Crippen LogP contribution in [-0.2, 0) is 4.79 Å². The van der Waals surface area contributed by atoms with Crippen molar-refractivity contribution < 1.29 is 9.53 Å². The predicted octanol–water partition coefficient (Wildman–Crippen LogP) is 2.66. The maximum atomic E-state index is 11.7. The van der Waals surface area contributed by atoms with E-state index in [1.165, 1.54) is 0 Å². The molecule has 0 fully saturated rings. The molecule has 1 amide bonds. The minimum absolute atomic E-state index is 0.0295. The number of benzene rings is 1. The summed E-state index contributed by atoms with van der Waals surface area (Å²) in [4.78, 5) is 11.7. The van der Waals surface area contributed by atoms with E-state index in [1.54, 1.807) is 0 Å². The van der Waals surface area contributed by atoms with Gasteiger partial charge in [-0.3, -0.25) is 4.79 Å². The van der Waals surface area contributed by atoms with E-state index >= 15 is 0 Å². The molecule has 106 valence electrons. The second-order valence-corrected chi connectivity index (χ2v) is 5.26. The normalized spacial score (nSPS) is 10.8. The summed E-state index contributed by atoms with van der Waals surface area (Å²) in [6.45, 7) is 9.36. The SMILES string of the molecule is CC(C)CNCC(=O)Nc1ccc(OC(C)C)cc1. The van der Waals surface area contributed by atoms with Crippen molar-refractivity contribution in [1.82, 2.24) is 5.32 Å². The highest BCUT2D eigenvalue weighted by atomic mass is 16.5. The number of ether oxygens (including phenoxy) is 1. The van der Waals surface area contributed by atoms with Gasteiger partial charge in [0.25, 0.3) is 0 Å². The molecular formula is C15H24N2O2. The highest BCUT2D eigenvalue weighted by Crippen LogP contribution is 2.16. The molecule has 0 unspecified atom stereocenters. The van der Waals surface area contributed by atoms with Gasteiger partial charge < -0.3 is 15.4 Å². The Morgan fingerprint density at radius 3 is 2.32 bits per heavy atom. The van der Waals surface area contributed by atoms with Gasteiger partial charge in [0.05, 0.1) is 12.6 Å². The van der Waals surface area contributed by atoms with Crippen molar-refractivity contribution in [3.8, 4) is 5.75 Å². The van der Waals surface area contributed by atoms with Gasteiger partial charge in [0.2, 0.25) is 5.91 Å².